The fourth-order valence-electron chi connectivity index (χ4n) is 2.39. The molecule has 2 aromatic rings. The van der Waals surface area contributed by atoms with E-state index in [0.29, 0.717) is 24.4 Å². The smallest absolute Gasteiger partial charge is 0.407 e. The summed E-state index contributed by atoms with van der Waals surface area (Å²) >= 11 is 0. The van der Waals surface area contributed by atoms with E-state index in [4.69, 9.17) is 4.74 Å². The van der Waals surface area contributed by atoms with Crippen LogP contribution >= 0.6 is 0 Å². The summed E-state index contributed by atoms with van der Waals surface area (Å²) in [4.78, 5) is 26.8. The Morgan fingerprint density at radius 1 is 1.25 bits per heavy atom. The second-order valence-corrected chi connectivity index (χ2v) is 6.30. The molecule has 2 rings (SSSR count). The van der Waals surface area contributed by atoms with Gasteiger partial charge in [0, 0.05) is 12.2 Å². The average Bonchev–Trinajstić information content (AvgIpc) is 2.53. The molecule has 0 saturated carbocycles. The lowest BCUT2D eigenvalue weighted by Crippen LogP contribution is -2.29. The van der Waals surface area contributed by atoms with E-state index < -0.39 is 6.09 Å². The summed E-state index contributed by atoms with van der Waals surface area (Å²) in [5.74, 6) is 0.342. The van der Waals surface area contributed by atoms with E-state index in [1.165, 1.54) is 0 Å². The Morgan fingerprint density at radius 2 is 1.96 bits per heavy atom. The van der Waals surface area contributed by atoms with Crippen LogP contribution in [0, 0.1) is 12.8 Å². The number of nitrogens with one attached hydrogen (secondary N) is 2. The van der Waals surface area contributed by atoms with Gasteiger partial charge in [-0.25, -0.2) is 4.79 Å². The van der Waals surface area contributed by atoms with Crippen molar-refractivity contribution >= 4 is 6.09 Å². The maximum absolute atomic E-state index is 12.3. The van der Waals surface area contributed by atoms with Crippen molar-refractivity contribution in [2.24, 2.45) is 5.92 Å². The first kappa shape index (κ1) is 17.8. The Morgan fingerprint density at radius 3 is 2.62 bits per heavy atom. The number of hydrogen-bond acceptors (Lipinski definition) is 3. The number of aromatic amines is 1. The van der Waals surface area contributed by atoms with Crippen LogP contribution in [0.25, 0.3) is 0 Å². The zero-order valence-corrected chi connectivity index (χ0v) is 14.4. The van der Waals surface area contributed by atoms with Gasteiger partial charge in [0.2, 0.25) is 0 Å². The van der Waals surface area contributed by atoms with Crippen molar-refractivity contribution in [3.63, 3.8) is 0 Å². The third-order valence-corrected chi connectivity index (χ3v) is 3.60. The van der Waals surface area contributed by atoms with E-state index in [0.717, 1.165) is 16.8 Å². The molecule has 0 unspecified atom stereocenters. The molecule has 2 N–H and O–H groups in total. The number of hydrogen-bond donors (Lipinski definition) is 2. The SMILES string of the molecule is Cc1cc(Cc2ccccc2)c(COC(=O)NCC(C)C)c(=O)[nH]1. The third kappa shape index (κ3) is 5.26. The van der Waals surface area contributed by atoms with Crippen molar-refractivity contribution in [2.45, 2.75) is 33.8 Å². The van der Waals surface area contributed by atoms with Gasteiger partial charge in [0.1, 0.15) is 6.61 Å². The van der Waals surface area contributed by atoms with E-state index in [2.05, 4.69) is 10.3 Å². The molecule has 0 aliphatic carbocycles. The number of H-pyrrole nitrogens is 1. The Bertz CT molecular complexity index is 736. The van der Waals surface area contributed by atoms with E-state index in [-0.39, 0.29) is 12.2 Å². The van der Waals surface area contributed by atoms with Crippen molar-refractivity contribution in [1.82, 2.24) is 10.3 Å². The van der Waals surface area contributed by atoms with Gasteiger partial charge in [0.05, 0.1) is 5.56 Å². The van der Waals surface area contributed by atoms with Crippen molar-refractivity contribution < 1.29 is 9.53 Å². The predicted molar refractivity (Wildman–Crippen MR) is 94.1 cm³/mol. The zero-order chi connectivity index (χ0) is 17.5. The van der Waals surface area contributed by atoms with Gasteiger partial charge >= 0.3 is 6.09 Å². The summed E-state index contributed by atoms with van der Waals surface area (Å²) in [5.41, 5.74) is 3.05. The highest BCUT2D eigenvalue weighted by Crippen LogP contribution is 2.13. The summed E-state index contributed by atoms with van der Waals surface area (Å²) in [5, 5.41) is 2.68. The number of carbonyl (C=O) groups excluding carboxylic acids is 1. The highest BCUT2D eigenvalue weighted by molar-refractivity contribution is 5.67. The Labute approximate surface area is 142 Å². The monoisotopic (exact) mass is 328 g/mol. The quantitative estimate of drug-likeness (QED) is 0.855. The average molecular weight is 328 g/mol. The van der Waals surface area contributed by atoms with Gasteiger partial charge in [-0.2, -0.15) is 0 Å². The molecule has 5 heteroatoms. The minimum absolute atomic E-state index is 0.0400. The Balaban J connectivity index is 2.13. The maximum Gasteiger partial charge on any atom is 0.407 e. The minimum Gasteiger partial charge on any atom is -0.444 e. The second-order valence-electron chi connectivity index (χ2n) is 6.30. The molecular formula is C19H24N2O3. The normalized spacial score (nSPS) is 10.7. The molecule has 24 heavy (non-hydrogen) atoms. The van der Waals surface area contributed by atoms with Crippen LogP contribution in [-0.4, -0.2) is 17.6 Å². The van der Waals surface area contributed by atoms with Crippen LogP contribution in [-0.2, 0) is 17.8 Å². The van der Waals surface area contributed by atoms with Crippen LogP contribution < -0.4 is 10.9 Å². The zero-order valence-electron chi connectivity index (χ0n) is 14.4. The molecule has 5 nitrogen and oxygen atoms in total. The number of benzene rings is 1. The van der Waals surface area contributed by atoms with Crippen molar-refractivity contribution in [2.75, 3.05) is 6.54 Å². The van der Waals surface area contributed by atoms with Gasteiger partial charge in [-0.1, -0.05) is 44.2 Å². The van der Waals surface area contributed by atoms with Gasteiger partial charge in [-0.3, -0.25) is 4.79 Å². The van der Waals surface area contributed by atoms with E-state index in [1.54, 1.807) is 0 Å². The van der Waals surface area contributed by atoms with Crippen LogP contribution in [0.15, 0.2) is 41.2 Å². The lowest BCUT2D eigenvalue weighted by Gasteiger charge is -2.12. The number of alkyl carbamates (subject to hydrolysis) is 1. The number of aromatic nitrogens is 1. The molecular weight excluding hydrogens is 304 g/mol. The first-order chi connectivity index (χ1) is 11.5. The summed E-state index contributed by atoms with van der Waals surface area (Å²) in [6.07, 6.45) is 0.118. The third-order valence-electron chi connectivity index (χ3n) is 3.60. The number of aryl methyl sites for hydroxylation is 1. The van der Waals surface area contributed by atoms with E-state index in [9.17, 15) is 9.59 Å². The van der Waals surface area contributed by atoms with Crippen molar-refractivity contribution in [3.05, 3.63) is 69.1 Å². The van der Waals surface area contributed by atoms with E-state index in [1.807, 2.05) is 57.2 Å². The van der Waals surface area contributed by atoms with Crippen LogP contribution in [0.1, 0.15) is 36.2 Å². The first-order valence-electron chi connectivity index (χ1n) is 8.12. The van der Waals surface area contributed by atoms with Crippen LogP contribution in [0.4, 0.5) is 4.79 Å². The summed E-state index contributed by atoms with van der Waals surface area (Å²) < 4.78 is 5.21. The number of ether oxygens (including phenoxy) is 1. The molecule has 1 aromatic heterocycles. The standard InChI is InChI=1S/C19H24N2O3/c1-13(2)11-20-19(23)24-12-17-16(9-14(3)21-18(17)22)10-15-7-5-4-6-8-15/h4-9,13H,10-12H2,1-3H3,(H,20,23)(H,21,22). The Hall–Kier alpha value is -2.56. The van der Waals surface area contributed by atoms with Gasteiger partial charge in [0.25, 0.3) is 5.56 Å². The van der Waals surface area contributed by atoms with Crippen LogP contribution in [0.3, 0.4) is 0 Å². The molecule has 1 heterocycles. The van der Waals surface area contributed by atoms with Crippen LogP contribution in [0.5, 0.6) is 0 Å². The number of rotatable bonds is 6. The fraction of sp³-hybridized carbons (Fsp3) is 0.368. The largest absolute Gasteiger partial charge is 0.444 e. The lowest BCUT2D eigenvalue weighted by atomic mass is 10.0. The molecule has 1 aromatic carbocycles. The molecule has 0 saturated heterocycles. The van der Waals surface area contributed by atoms with Gasteiger partial charge in [-0.15, -0.1) is 0 Å². The predicted octanol–water partition coefficient (Wildman–Crippen LogP) is 3.16. The summed E-state index contributed by atoms with van der Waals surface area (Å²) in [7, 11) is 0. The van der Waals surface area contributed by atoms with Crippen LogP contribution in [0.2, 0.25) is 0 Å². The highest BCUT2D eigenvalue weighted by atomic mass is 16.5. The highest BCUT2D eigenvalue weighted by Gasteiger charge is 2.12. The molecule has 0 bridgehead atoms. The summed E-state index contributed by atoms with van der Waals surface area (Å²) in [6, 6.07) is 11.8. The van der Waals surface area contributed by atoms with Crippen molar-refractivity contribution in [3.8, 4) is 0 Å². The molecule has 0 spiro atoms. The van der Waals surface area contributed by atoms with E-state index >= 15 is 0 Å². The van der Waals surface area contributed by atoms with Gasteiger partial charge in [-0.05, 0) is 36.5 Å². The van der Waals surface area contributed by atoms with Gasteiger partial charge in [0.15, 0.2) is 0 Å². The molecule has 0 radical (unpaired) electrons. The molecule has 128 valence electrons. The number of pyridine rings is 1. The fourth-order valence-corrected chi connectivity index (χ4v) is 2.39. The van der Waals surface area contributed by atoms with Crippen molar-refractivity contribution in [1.29, 1.82) is 0 Å². The minimum atomic E-state index is -0.505. The first-order valence-corrected chi connectivity index (χ1v) is 8.12. The topological polar surface area (TPSA) is 71.2 Å². The summed E-state index contributed by atoms with van der Waals surface area (Å²) in [6.45, 7) is 6.35. The molecule has 0 aliphatic rings. The molecule has 0 atom stereocenters. The number of carbonyl (C=O) groups is 1. The molecule has 0 fully saturated rings. The van der Waals surface area contributed by atoms with Gasteiger partial charge < -0.3 is 15.0 Å². The Kier molecular flexibility index (Phi) is 6.18. The molecule has 0 aliphatic heterocycles. The molecule has 1 amide bonds. The number of amides is 1. The maximum atomic E-state index is 12.3. The lowest BCUT2D eigenvalue weighted by molar-refractivity contribution is 0.138. The second kappa shape index (κ2) is 8.34.